The van der Waals surface area contributed by atoms with E-state index in [2.05, 4.69) is 6.92 Å². The molecule has 0 unspecified atom stereocenters. The summed E-state index contributed by atoms with van der Waals surface area (Å²) in [5, 5.41) is 0. The minimum atomic E-state index is 0.0342. The molecule has 2 nitrogen and oxygen atoms in total. The molecule has 96 valence electrons. The van der Waals surface area contributed by atoms with Crippen molar-refractivity contribution in [3.63, 3.8) is 0 Å². The third-order valence-corrected chi connectivity index (χ3v) is 3.60. The Labute approximate surface area is 101 Å². The largest absolute Gasteiger partial charge is 0.236 e. The molecular formula is C14H28O2. The molecule has 0 amide bonds. The zero-order chi connectivity index (χ0) is 11.7. The minimum absolute atomic E-state index is 0.0342. The maximum absolute atomic E-state index is 5.76. The highest BCUT2D eigenvalue weighted by molar-refractivity contribution is 4.81. The molecule has 0 aromatic heterocycles. The monoisotopic (exact) mass is 228 g/mol. The maximum Gasteiger partial charge on any atom is 0.104 e. The van der Waals surface area contributed by atoms with Crippen LogP contribution in [-0.4, -0.2) is 12.2 Å². The molecule has 0 aliphatic heterocycles. The third kappa shape index (κ3) is 4.84. The standard InChI is InChI=1S/C14H28O2/c1-3-5-11-14(16-15-4-2)12-9-7-6-8-10-13-14/h3-13H2,1-2H3. The molecule has 1 aliphatic carbocycles. The van der Waals surface area contributed by atoms with E-state index >= 15 is 0 Å². The second kappa shape index (κ2) is 8.08. The predicted octanol–water partition coefficient (Wildman–Crippen LogP) is 4.63. The van der Waals surface area contributed by atoms with Crippen LogP contribution in [0, 0.1) is 0 Å². The van der Waals surface area contributed by atoms with Gasteiger partial charge in [0.05, 0.1) is 6.61 Å². The van der Waals surface area contributed by atoms with E-state index in [0.29, 0.717) is 6.61 Å². The van der Waals surface area contributed by atoms with Gasteiger partial charge in [-0.15, -0.1) is 0 Å². The Morgan fingerprint density at radius 3 is 2.12 bits per heavy atom. The van der Waals surface area contributed by atoms with E-state index in [-0.39, 0.29) is 5.60 Å². The van der Waals surface area contributed by atoms with Gasteiger partial charge in [-0.05, 0) is 26.2 Å². The average molecular weight is 228 g/mol. The van der Waals surface area contributed by atoms with Crippen molar-refractivity contribution in [3.05, 3.63) is 0 Å². The fraction of sp³-hybridized carbons (Fsp3) is 1.00. The minimum Gasteiger partial charge on any atom is -0.236 e. The quantitative estimate of drug-likeness (QED) is 0.487. The summed E-state index contributed by atoms with van der Waals surface area (Å²) in [6, 6.07) is 0. The van der Waals surface area contributed by atoms with E-state index < -0.39 is 0 Å². The number of hydrogen-bond acceptors (Lipinski definition) is 2. The van der Waals surface area contributed by atoms with Gasteiger partial charge in [-0.25, -0.2) is 9.78 Å². The molecule has 0 aromatic carbocycles. The first-order valence-corrected chi connectivity index (χ1v) is 7.13. The van der Waals surface area contributed by atoms with E-state index in [1.807, 2.05) is 6.92 Å². The van der Waals surface area contributed by atoms with Gasteiger partial charge in [0.15, 0.2) is 0 Å². The fourth-order valence-corrected chi connectivity index (χ4v) is 2.61. The smallest absolute Gasteiger partial charge is 0.104 e. The van der Waals surface area contributed by atoms with Crippen LogP contribution in [0.4, 0.5) is 0 Å². The van der Waals surface area contributed by atoms with Gasteiger partial charge >= 0.3 is 0 Å². The lowest BCUT2D eigenvalue weighted by Crippen LogP contribution is -2.33. The molecular weight excluding hydrogens is 200 g/mol. The molecule has 16 heavy (non-hydrogen) atoms. The molecule has 0 radical (unpaired) electrons. The molecule has 0 spiro atoms. The van der Waals surface area contributed by atoms with Crippen molar-refractivity contribution in [2.24, 2.45) is 0 Å². The van der Waals surface area contributed by atoms with Gasteiger partial charge in [0.2, 0.25) is 0 Å². The maximum atomic E-state index is 5.76. The van der Waals surface area contributed by atoms with Crippen molar-refractivity contribution in [1.82, 2.24) is 0 Å². The zero-order valence-electron chi connectivity index (χ0n) is 11.1. The van der Waals surface area contributed by atoms with Crippen LogP contribution >= 0.6 is 0 Å². The van der Waals surface area contributed by atoms with Gasteiger partial charge in [-0.3, -0.25) is 0 Å². The molecule has 0 heterocycles. The lowest BCUT2D eigenvalue weighted by atomic mass is 9.83. The van der Waals surface area contributed by atoms with Gasteiger partial charge in [0, 0.05) is 0 Å². The van der Waals surface area contributed by atoms with Crippen molar-refractivity contribution in [1.29, 1.82) is 0 Å². The lowest BCUT2D eigenvalue weighted by molar-refractivity contribution is -0.365. The van der Waals surface area contributed by atoms with Crippen LogP contribution in [0.2, 0.25) is 0 Å². The topological polar surface area (TPSA) is 18.5 Å². The van der Waals surface area contributed by atoms with Crippen LogP contribution in [0.1, 0.15) is 78.1 Å². The summed E-state index contributed by atoms with van der Waals surface area (Å²) in [6.45, 7) is 4.90. The van der Waals surface area contributed by atoms with Crippen LogP contribution in [0.25, 0.3) is 0 Å². The molecule has 0 atom stereocenters. The first kappa shape index (κ1) is 14.0. The highest BCUT2D eigenvalue weighted by Gasteiger charge is 2.31. The summed E-state index contributed by atoms with van der Waals surface area (Å²) in [4.78, 5) is 11.0. The highest BCUT2D eigenvalue weighted by atomic mass is 17.2. The summed E-state index contributed by atoms with van der Waals surface area (Å²) < 4.78 is 0. The molecule has 2 heteroatoms. The zero-order valence-corrected chi connectivity index (χ0v) is 11.1. The van der Waals surface area contributed by atoms with Gasteiger partial charge in [0.1, 0.15) is 5.60 Å². The molecule has 1 saturated carbocycles. The van der Waals surface area contributed by atoms with Crippen LogP contribution in [-0.2, 0) is 9.78 Å². The first-order chi connectivity index (χ1) is 7.83. The number of hydrogen-bond donors (Lipinski definition) is 0. The van der Waals surface area contributed by atoms with Crippen molar-refractivity contribution in [2.45, 2.75) is 83.7 Å². The number of unbranched alkanes of at least 4 members (excludes halogenated alkanes) is 1. The molecule has 1 fully saturated rings. The van der Waals surface area contributed by atoms with Crippen LogP contribution in [0.5, 0.6) is 0 Å². The van der Waals surface area contributed by atoms with Crippen LogP contribution < -0.4 is 0 Å². The Morgan fingerprint density at radius 2 is 1.56 bits per heavy atom. The highest BCUT2D eigenvalue weighted by Crippen LogP contribution is 2.34. The molecule has 0 saturated heterocycles. The van der Waals surface area contributed by atoms with Crippen molar-refractivity contribution >= 4 is 0 Å². The van der Waals surface area contributed by atoms with Crippen molar-refractivity contribution in [3.8, 4) is 0 Å². The second-order valence-electron chi connectivity index (χ2n) is 5.04. The summed E-state index contributed by atoms with van der Waals surface area (Å²) in [5.41, 5.74) is 0.0342. The normalized spacial score (nSPS) is 21.4. The van der Waals surface area contributed by atoms with Gasteiger partial charge in [-0.1, -0.05) is 51.9 Å². The summed E-state index contributed by atoms with van der Waals surface area (Å²) in [7, 11) is 0. The fourth-order valence-electron chi connectivity index (χ4n) is 2.61. The van der Waals surface area contributed by atoms with E-state index in [0.717, 1.165) is 0 Å². The molecule has 0 N–H and O–H groups in total. The first-order valence-electron chi connectivity index (χ1n) is 7.13. The third-order valence-electron chi connectivity index (χ3n) is 3.60. The Balaban J connectivity index is 2.49. The Hall–Kier alpha value is -0.0800. The number of rotatable bonds is 6. The molecule has 1 rings (SSSR count). The summed E-state index contributed by atoms with van der Waals surface area (Å²) >= 11 is 0. The van der Waals surface area contributed by atoms with Crippen molar-refractivity contribution in [2.75, 3.05) is 6.61 Å². The van der Waals surface area contributed by atoms with E-state index in [1.165, 1.54) is 64.2 Å². The SMILES string of the molecule is CCCCC1(OOCC)CCCCCCC1. The van der Waals surface area contributed by atoms with E-state index in [4.69, 9.17) is 9.78 Å². The molecule has 0 aromatic rings. The Kier molecular flexibility index (Phi) is 7.06. The van der Waals surface area contributed by atoms with E-state index in [1.54, 1.807) is 0 Å². The van der Waals surface area contributed by atoms with Crippen LogP contribution in [0.15, 0.2) is 0 Å². The van der Waals surface area contributed by atoms with Crippen molar-refractivity contribution < 1.29 is 9.78 Å². The molecule has 1 aliphatic rings. The van der Waals surface area contributed by atoms with E-state index in [9.17, 15) is 0 Å². The Bertz CT molecular complexity index is 143. The van der Waals surface area contributed by atoms with Gasteiger partial charge < -0.3 is 0 Å². The lowest BCUT2D eigenvalue weighted by Gasteiger charge is -2.34. The average Bonchev–Trinajstić information content (AvgIpc) is 2.27. The Morgan fingerprint density at radius 1 is 0.938 bits per heavy atom. The van der Waals surface area contributed by atoms with Crippen LogP contribution in [0.3, 0.4) is 0 Å². The second-order valence-corrected chi connectivity index (χ2v) is 5.04. The molecule has 0 bridgehead atoms. The summed E-state index contributed by atoms with van der Waals surface area (Å²) in [5.74, 6) is 0. The summed E-state index contributed by atoms with van der Waals surface area (Å²) in [6.07, 6.45) is 12.8. The van der Waals surface area contributed by atoms with Gasteiger partial charge in [0.25, 0.3) is 0 Å². The van der Waals surface area contributed by atoms with Gasteiger partial charge in [-0.2, -0.15) is 0 Å². The predicted molar refractivity (Wildman–Crippen MR) is 67.3 cm³/mol.